The third-order valence-electron chi connectivity index (χ3n) is 6.73. The summed E-state index contributed by atoms with van der Waals surface area (Å²) in [4.78, 5) is 46.0. The number of rotatable bonds is 10. The van der Waals surface area contributed by atoms with E-state index in [9.17, 15) is 14.4 Å². The summed E-state index contributed by atoms with van der Waals surface area (Å²) in [5.41, 5.74) is 1.60. The molecule has 4 rings (SSSR count). The fraction of sp³-hybridized carbons (Fsp3) is 0.500. The first-order chi connectivity index (χ1) is 18.8. The molecule has 0 bridgehead atoms. The minimum absolute atomic E-state index is 0.102. The highest BCUT2D eigenvalue weighted by Crippen LogP contribution is 2.28. The largest absolute Gasteiger partial charge is 0.465 e. The summed E-state index contributed by atoms with van der Waals surface area (Å²) in [5.74, 6) is -0.793. The summed E-state index contributed by atoms with van der Waals surface area (Å²) in [6, 6.07) is 8.42. The highest BCUT2D eigenvalue weighted by Gasteiger charge is 2.27. The van der Waals surface area contributed by atoms with Crippen LogP contribution in [0.5, 0.6) is 0 Å². The van der Waals surface area contributed by atoms with Crippen LogP contribution in [0.3, 0.4) is 0 Å². The summed E-state index contributed by atoms with van der Waals surface area (Å²) in [7, 11) is 0. The van der Waals surface area contributed by atoms with E-state index in [1.165, 1.54) is 12.3 Å². The molecular weight excluding hydrogens is 505 g/mol. The molecule has 1 aromatic carbocycles. The van der Waals surface area contributed by atoms with Gasteiger partial charge in [0.2, 0.25) is 5.91 Å². The summed E-state index contributed by atoms with van der Waals surface area (Å²) in [5, 5.41) is 2.63. The Kier molecular flexibility index (Phi) is 9.69. The molecule has 1 atom stereocenters. The van der Waals surface area contributed by atoms with E-state index < -0.39 is 0 Å². The maximum Gasteiger partial charge on any atom is 0.305 e. The van der Waals surface area contributed by atoms with E-state index in [4.69, 9.17) is 9.47 Å². The third kappa shape index (κ3) is 7.89. The molecule has 0 aliphatic carbocycles. The number of nitrogens with one attached hydrogen (secondary N) is 1. The second-order valence-corrected chi connectivity index (χ2v) is 10.2. The van der Waals surface area contributed by atoms with Gasteiger partial charge >= 0.3 is 5.97 Å². The van der Waals surface area contributed by atoms with Crippen molar-refractivity contribution in [3.05, 3.63) is 54.1 Å². The van der Waals surface area contributed by atoms with E-state index in [2.05, 4.69) is 10.3 Å². The van der Waals surface area contributed by atoms with Gasteiger partial charge in [0.1, 0.15) is 12.5 Å². The number of carbonyl (C=O) groups excluding carboxylic acids is 3. The highest BCUT2D eigenvalue weighted by molar-refractivity contribution is 5.96. The minimum atomic E-state index is -0.351. The van der Waals surface area contributed by atoms with E-state index in [1.807, 2.05) is 29.7 Å². The zero-order valence-corrected chi connectivity index (χ0v) is 22.5. The van der Waals surface area contributed by atoms with Crippen molar-refractivity contribution in [3.8, 4) is 0 Å². The van der Waals surface area contributed by atoms with Gasteiger partial charge in [-0.2, -0.15) is 0 Å². The first-order valence-electron chi connectivity index (χ1n) is 13.3. The van der Waals surface area contributed by atoms with Crippen molar-refractivity contribution in [2.75, 3.05) is 62.4 Å². The summed E-state index contributed by atoms with van der Waals surface area (Å²) >= 11 is 0. The molecule has 0 unspecified atom stereocenters. The van der Waals surface area contributed by atoms with Crippen molar-refractivity contribution in [1.29, 1.82) is 0 Å². The number of benzene rings is 1. The van der Waals surface area contributed by atoms with Crippen molar-refractivity contribution >= 4 is 29.2 Å². The Morgan fingerprint density at radius 3 is 2.64 bits per heavy atom. The molecule has 0 spiro atoms. The lowest BCUT2D eigenvalue weighted by Gasteiger charge is -2.36. The number of halogens is 1. The zero-order chi connectivity index (χ0) is 27.8. The second-order valence-electron chi connectivity index (χ2n) is 10.2. The molecule has 210 valence electrons. The maximum absolute atomic E-state index is 15.1. The number of esters is 1. The van der Waals surface area contributed by atoms with Gasteiger partial charge in [0.05, 0.1) is 30.5 Å². The average molecular weight is 542 g/mol. The molecule has 2 amide bonds. The second kappa shape index (κ2) is 13.4. The lowest BCUT2D eigenvalue weighted by molar-refractivity contribution is -0.145. The van der Waals surface area contributed by atoms with Crippen molar-refractivity contribution in [2.24, 2.45) is 5.92 Å². The Hall–Kier alpha value is -3.73. The van der Waals surface area contributed by atoms with Gasteiger partial charge in [-0.05, 0) is 42.7 Å². The molecule has 2 aliphatic heterocycles. The highest BCUT2D eigenvalue weighted by atomic mass is 19.1. The van der Waals surface area contributed by atoms with Gasteiger partial charge in [0.15, 0.2) is 0 Å². The molecule has 0 radical (unpaired) electrons. The van der Waals surface area contributed by atoms with Crippen molar-refractivity contribution < 1.29 is 28.2 Å². The van der Waals surface area contributed by atoms with E-state index >= 15 is 4.39 Å². The van der Waals surface area contributed by atoms with Gasteiger partial charge in [0.25, 0.3) is 5.91 Å². The zero-order valence-electron chi connectivity index (χ0n) is 22.5. The van der Waals surface area contributed by atoms with Crippen LogP contribution < -0.4 is 15.1 Å². The van der Waals surface area contributed by atoms with Crippen LogP contribution >= 0.6 is 0 Å². The van der Waals surface area contributed by atoms with Crippen LogP contribution in [0.15, 0.2) is 42.7 Å². The molecule has 10 nitrogen and oxygen atoms in total. The molecule has 11 heteroatoms. The number of ether oxygens (including phenoxy) is 2. The molecule has 2 saturated heterocycles. The Morgan fingerprint density at radius 2 is 1.95 bits per heavy atom. The van der Waals surface area contributed by atoms with E-state index in [0.29, 0.717) is 76.1 Å². The number of pyridine rings is 1. The smallest absolute Gasteiger partial charge is 0.305 e. The van der Waals surface area contributed by atoms with Crippen LogP contribution in [0.2, 0.25) is 0 Å². The number of amides is 2. The van der Waals surface area contributed by atoms with Crippen LogP contribution in [-0.2, 0) is 19.1 Å². The Morgan fingerprint density at radius 1 is 1.15 bits per heavy atom. The Balaban J connectivity index is 1.21. The van der Waals surface area contributed by atoms with Crippen LogP contribution in [-0.4, -0.2) is 86.4 Å². The standard InChI is InChI=1S/C28H36FN5O5/c1-20(2)18-38-27(36)8-6-23-17-34(19-39-23)22-5-7-25(24(29)14-22)32-10-12-33(13-11-32)26(35)16-31-28(37)21-4-3-9-30-15-21/h3-5,7,9,14-15,20,23H,6,8,10-13,16-19H2,1-2H3,(H,31,37)/t23-/m0/s1. The minimum Gasteiger partial charge on any atom is -0.465 e. The van der Waals surface area contributed by atoms with E-state index in [-0.39, 0.29) is 36.2 Å². The van der Waals surface area contributed by atoms with Crippen molar-refractivity contribution in [1.82, 2.24) is 15.2 Å². The van der Waals surface area contributed by atoms with Crippen molar-refractivity contribution in [3.63, 3.8) is 0 Å². The van der Waals surface area contributed by atoms with Crippen molar-refractivity contribution in [2.45, 2.75) is 32.8 Å². The van der Waals surface area contributed by atoms with Gasteiger partial charge < -0.3 is 29.5 Å². The molecule has 1 N–H and O–H groups in total. The monoisotopic (exact) mass is 541 g/mol. The van der Waals surface area contributed by atoms with Gasteiger partial charge in [-0.1, -0.05) is 13.8 Å². The normalized spacial score (nSPS) is 17.4. The van der Waals surface area contributed by atoms with Gasteiger partial charge in [-0.25, -0.2) is 4.39 Å². The van der Waals surface area contributed by atoms with Gasteiger partial charge in [-0.3, -0.25) is 19.4 Å². The fourth-order valence-electron chi connectivity index (χ4n) is 4.52. The van der Waals surface area contributed by atoms with Gasteiger partial charge in [0, 0.05) is 57.2 Å². The molecule has 0 saturated carbocycles. The fourth-order valence-corrected chi connectivity index (χ4v) is 4.52. The molecule has 2 aromatic rings. The number of hydrogen-bond acceptors (Lipinski definition) is 8. The Bertz CT molecular complexity index is 1140. The number of hydrogen-bond donors (Lipinski definition) is 1. The molecule has 2 fully saturated rings. The first kappa shape index (κ1) is 28.3. The van der Waals surface area contributed by atoms with E-state index in [1.54, 1.807) is 29.3 Å². The quantitative estimate of drug-likeness (QED) is 0.458. The predicted molar refractivity (Wildman–Crippen MR) is 144 cm³/mol. The van der Waals surface area contributed by atoms with Gasteiger partial charge in [-0.15, -0.1) is 0 Å². The molecule has 39 heavy (non-hydrogen) atoms. The van der Waals surface area contributed by atoms with Crippen LogP contribution in [0.25, 0.3) is 0 Å². The maximum atomic E-state index is 15.1. The summed E-state index contributed by atoms with van der Waals surface area (Å²) in [6.07, 6.45) is 3.76. The van der Waals surface area contributed by atoms with Crippen LogP contribution in [0.4, 0.5) is 15.8 Å². The van der Waals surface area contributed by atoms with Crippen LogP contribution in [0, 0.1) is 11.7 Å². The predicted octanol–water partition coefficient (Wildman–Crippen LogP) is 2.44. The lowest BCUT2D eigenvalue weighted by Crippen LogP contribution is -2.51. The number of aromatic nitrogens is 1. The molecule has 3 heterocycles. The first-order valence-corrected chi connectivity index (χ1v) is 13.3. The summed E-state index contributed by atoms with van der Waals surface area (Å²) < 4.78 is 26.1. The average Bonchev–Trinajstić information content (AvgIpc) is 3.43. The van der Waals surface area contributed by atoms with Crippen LogP contribution in [0.1, 0.15) is 37.0 Å². The van der Waals surface area contributed by atoms with E-state index in [0.717, 1.165) is 5.69 Å². The number of piperazine rings is 1. The SMILES string of the molecule is CC(C)COC(=O)CC[C@H]1CN(c2ccc(N3CCN(C(=O)CNC(=O)c4cccnc4)CC3)c(F)c2)CO1. The lowest BCUT2D eigenvalue weighted by atomic mass is 10.1. The topological polar surface area (TPSA) is 104 Å². The summed E-state index contributed by atoms with van der Waals surface area (Å²) in [6.45, 7) is 7.05. The Labute approximate surface area is 228 Å². The number of carbonyl (C=O) groups is 3. The number of nitrogens with zero attached hydrogens (tertiary/aromatic N) is 4. The third-order valence-corrected chi connectivity index (χ3v) is 6.73. The number of anilines is 2. The molecular formula is C28H36FN5O5. The molecule has 2 aliphatic rings. The molecule has 1 aromatic heterocycles.